The lowest BCUT2D eigenvalue weighted by Crippen LogP contribution is -2.19. The van der Waals surface area contributed by atoms with Gasteiger partial charge in [-0.15, -0.1) is 0 Å². The van der Waals surface area contributed by atoms with Gasteiger partial charge in [-0.3, -0.25) is 4.79 Å². The molecule has 1 saturated carbocycles. The summed E-state index contributed by atoms with van der Waals surface area (Å²) in [6, 6.07) is 0. The average molecular weight is 166 g/mol. The van der Waals surface area contributed by atoms with E-state index in [-0.39, 0.29) is 5.78 Å². The molecule has 1 aliphatic rings. The molecule has 0 unspecified atom stereocenters. The van der Waals surface area contributed by atoms with Crippen molar-refractivity contribution in [3.63, 3.8) is 0 Å². The fourth-order valence-electron chi connectivity index (χ4n) is 2.02. The molecule has 0 aliphatic heterocycles. The van der Waals surface area contributed by atoms with Gasteiger partial charge in [0.05, 0.1) is 0 Å². The van der Waals surface area contributed by atoms with Crippen molar-refractivity contribution in [2.24, 2.45) is 11.8 Å². The van der Waals surface area contributed by atoms with Gasteiger partial charge in [0.15, 0.2) is 5.78 Å². The highest BCUT2D eigenvalue weighted by atomic mass is 16.1. The van der Waals surface area contributed by atoms with Crippen molar-refractivity contribution < 1.29 is 4.79 Å². The number of rotatable bonds is 3. The fourth-order valence-corrected chi connectivity index (χ4v) is 2.02. The Morgan fingerprint density at radius 3 is 2.42 bits per heavy atom. The largest absolute Gasteiger partial charge is 0.295 e. The average Bonchev–Trinajstić information content (AvgIpc) is 2.17. The first-order chi connectivity index (χ1) is 5.77. The van der Waals surface area contributed by atoms with Crippen molar-refractivity contribution in [2.45, 2.75) is 39.0 Å². The van der Waals surface area contributed by atoms with Gasteiger partial charge in [-0.25, -0.2) is 0 Å². The highest BCUT2D eigenvalue weighted by molar-refractivity contribution is 5.91. The van der Waals surface area contributed by atoms with E-state index in [1.807, 2.05) is 0 Å². The summed E-state index contributed by atoms with van der Waals surface area (Å²) in [5.74, 6) is 1.42. The summed E-state index contributed by atoms with van der Waals surface area (Å²) >= 11 is 0. The highest BCUT2D eigenvalue weighted by Gasteiger charge is 2.23. The monoisotopic (exact) mass is 166 g/mol. The first kappa shape index (κ1) is 9.50. The minimum atomic E-state index is 0.254. The van der Waals surface area contributed by atoms with E-state index in [0.717, 1.165) is 18.8 Å². The van der Waals surface area contributed by atoms with Crippen molar-refractivity contribution in [1.82, 2.24) is 0 Å². The summed E-state index contributed by atoms with van der Waals surface area (Å²) in [4.78, 5) is 11.2. The molecule has 0 aromatic carbocycles. The van der Waals surface area contributed by atoms with Crippen LogP contribution in [0.15, 0.2) is 12.7 Å². The van der Waals surface area contributed by atoms with E-state index in [4.69, 9.17) is 0 Å². The number of allylic oxidation sites excluding steroid dienone is 1. The molecule has 1 heteroatoms. The molecule has 0 N–H and O–H groups in total. The fraction of sp³-hybridized carbons (Fsp3) is 0.727. The quantitative estimate of drug-likeness (QED) is 0.589. The Morgan fingerprint density at radius 2 is 2.00 bits per heavy atom. The summed E-state index contributed by atoms with van der Waals surface area (Å²) in [5.41, 5.74) is 0. The van der Waals surface area contributed by atoms with Crippen molar-refractivity contribution in [3.8, 4) is 0 Å². The molecule has 0 radical (unpaired) electrons. The third-order valence-corrected chi connectivity index (χ3v) is 3.03. The molecule has 0 heterocycles. The molecule has 1 nitrogen and oxygen atoms in total. The zero-order chi connectivity index (χ0) is 8.97. The summed E-state index contributed by atoms with van der Waals surface area (Å²) in [7, 11) is 0. The molecule has 12 heavy (non-hydrogen) atoms. The van der Waals surface area contributed by atoms with Gasteiger partial charge in [-0.05, 0) is 37.7 Å². The predicted octanol–water partition coefficient (Wildman–Crippen LogP) is 2.96. The molecule has 0 atom stereocenters. The molecule has 1 aliphatic carbocycles. The van der Waals surface area contributed by atoms with Gasteiger partial charge in [0.25, 0.3) is 0 Å². The summed E-state index contributed by atoms with van der Waals surface area (Å²) in [5, 5.41) is 0. The van der Waals surface area contributed by atoms with Gasteiger partial charge < -0.3 is 0 Å². The third-order valence-electron chi connectivity index (χ3n) is 3.03. The van der Waals surface area contributed by atoms with E-state index in [2.05, 4.69) is 13.5 Å². The van der Waals surface area contributed by atoms with Crippen LogP contribution in [0, 0.1) is 11.8 Å². The van der Waals surface area contributed by atoms with Crippen LogP contribution >= 0.6 is 0 Å². The first-order valence-corrected chi connectivity index (χ1v) is 4.94. The third kappa shape index (κ3) is 2.20. The van der Waals surface area contributed by atoms with Crippen molar-refractivity contribution in [1.29, 1.82) is 0 Å². The Hall–Kier alpha value is -0.590. The Bertz CT molecular complexity index is 164. The summed E-state index contributed by atoms with van der Waals surface area (Å²) in [6.07, 6.45) is 7.40. The molecule has 1 rings (SSSR count). The van der Waals surface area contributed by atoms with Gasteiger partial charge in [0, 0.05) is 5.92 Å². The normalized spacial score (nSPS) is 29.8. The Balaban J connectivity index is 2.35. The van der Waals surface area contributed by atoms with Crippen molar-refractivity contribution in [2.75, 3.05) is 0 Å². The lowest BCUT2D eigenvalue weighted by molar-refractivity contribution is -0.119. The van der Waals surface area contributed by atoms with Crippen LogP contribution in [-0.2, 0) is 4.79 Å². The number of hydrogen-bond donors (Lipinski definition) is 0. The maximum atomic E-state index is 11.2. The van der Waals surface area contributed by atoms with Crippen LogP contribution in [0.2, 0.25) is 0 Å². The number of hydrogen-bond acceptors (Lipinski definition) is 1. The standard InChI is InChI=1S/C11H18O/c1-3-9-5-7-10(8-6-9)11(12)4-2/h4,9-10H,2-3,5-8H2,1H3. The zero-order valence-electron chi connectivity index (χ0n) is 7.88. The predicted molar refractivity (Wildman–Crippen MR) is 50.9 cm³/mol. The molecule has 1 fully saturated rings. The molecule has 0 aromatic rings. The maximum absolute atomic E-state index is 11.2. The minimum Gasteiger partial charge on any atom is -0.295 e. The molecular formula is C11H18O. The van der Waals surface area contributed by atoms with Gasteiger partial charge in [-0.2, -0.15) is 0 Å². The van der Waals surface area contributed by atoms with E-state index in [1.165, 1.54) is 25.3 Å². The van der Waals surface area contributed by atoms with Crippen molar-refractivity contribution in [3.05, 3.63) is 12.7 Å². The van der Waals surface area contributed by atoms with Crippen LogP contribution in [0.4, 0.5) is 0 Å². The van der Waals surface area contributed by atoms with Crippen LogP contribution in [0.25, 0.3) is 0 Å². The van der Waals surface area contributed by atoms with E-state index < -0.39 is 0 Å². The molecule has 0 spiro atoms. The van der Waals surface area contributed by atoms with Gasteiger partial charge in [-0.1, -0.05) is 19.9 Å². The van der Waals surface area contributed by atoms with Crippen molar-refractivity contribution >= 4 is 5.78 Å². The molecule has 0 aromatic heterocycles. The smallest absolute Gasteiger partial charge is 0.158 e. The zero-order valence-corrected chi connectivity index (χ0v) is 7.88. The number of carbonyl (C=O) groups excluding carboxylic acids is 1. The minimum absolute atomic E-state index is 0.254. The van der Waals surface area contributed by atoms with Gasteiger partial charge in [0.1, 0.15) is 0 Å². The summed E-state index contributed by atoms with van der Waals surface area (Å²) in [6.45, 7) is 5.76. The van der Waals surface area contributed by atoms with Crippen LogP contribution in [0.1, 0.15) is 39.0 Å². The highest BCUT2D eigenvalue weighted by Crippen LogP contribution is 2.30. The molecule has 0 saturated heterocycles. The second-order valence-corrected chi connectivity index (χ2v) is 3.73. The second kappa shape index (κ2) is 4.44. The van der Waals surface area contributed by atoms with Crippen LogP contribution in [0.3, 0.4) is 0 Å². The van der Waals surface area contributed by atoms with Crippen LogP contribution < -0.4 is 0 Å². The first-order valence-electron chi connectivity index (χ1n) is 4.94. The Labute approximate surface area is 74.9 Å². The van der Waals surface area contributed by atoms with Gasteiger partial charge in [0.2, 0.25) is 0 Å². The topological polar surface area (TPSA) is 17.1 Å². The second-order valence-electron chi connectivity index (χ2n) is 3.73. The molecule has 0 amide bonds. The van der Waals surface area contributed by atoms with Crippen LogP contribution in [-0.4, -0.2) is 5.78 Å². The number of carbonyl (C=O) groups is 1. The Morgan fingerprint density at radius 1 is 1.42 bits per heavy atom. The lowest BCUT2D eigenvalue weighted by atomic mass is 9.79. The maximum Gasteiger partial charge on any atom is 0.158 e. The van der Waals surface area contributed by atoms with E-state index in [9.17, 15) is 4.79 Å². The van der Waals surface area contributed by atoms with E-state index >= 15 is 0 Å². The molecule has 0 bridgehead atoms. The molecule has 68 valence electrons. The van der Waals surface area contributed by atoms with Gasteiger partial charge >= 0.3 is 0 Å². The lowest BCUT2D eigenvalue weighted by Gasteiger charge is -2.25. The van der Waals surface area contributed by atoms with Crippen LogP contribution in [0.5, 0.6) is 0 Å². The molecular weight excluding hydrogens is 148 g/mol. The van der Waals surface area contributed by atoms with E-state index in [1.54, 1.807) is 0 Å². The summed E-state index contributed by atoms with van der Waals surface area (Å²) < 4.78 is 0. The van der Waals surface area contributed by atoms with E-state index in [0.29, 0.717) is 5.92 Å². The number of ketones is 1. The SMILES string of the molecule is C=CC(=O)C1CCC(CC)CC1. The Kier molecular flexibility index (Phi) is 3.51.